The number of imidazole rings is 1. The van der Waals surface area contributed by atoms with Crippen LogP contribution in [0.4, 0.5) is 5.82 Å². The molecule has 0 spiro atoms. The third-order valence-corrected chi connectivity index (χ3v) is 5.57. The number of likely N-dealkylation sites (tertiary alicyclic amines) is 1. The molecule has 2 fully saturated rings. The summed E-state index contributed by atoms with van der Waals surface area (Å²) >= 11 is 0. The second-order valence-electron chi connectivity index (χ2n) is 6.95. The number of fused-ring (bicyclic) bond motifs is 1. The Hall–Kier alpha value is -1.73. The predicted molar refractivity (Wildman–Crippen MR) is 93.1 cm³/mol. The SMILES string of the molecule is CN(c1ncnc2c1ncn2C)C1CCN(C2CCOCC2)CC1. The van der Waals surface area contributed by atoms with Crippen LogP contribution < -0.4 is 4.90 Å². The lowest BCUT2D eigenvalue weighted by molar-refractivity contribution is 0.0253. The summed E-state index contributed by atoms with van der Waals surface area (Å²) < 4.78 is 7.44. The minimum Gasteiger partial charge on any atom is -0.381 e. The van der Waals surface area contributed by atoms with E-state index >= 15 is 0 Å². The van der Waals surface area contributed by atoms with Gasteiger partial charge in [0.2, 0.25) is 0 Å². The van der Waals surface area contributed by atoms with Gasteiger partial charge in [0.05, 0.1) is 6.33 Å². The third-order valence-electron chi connectivity index (χ3n) is 5.57. The smallest absolute Gasteiger partial charge is 0.165 e. The maximum Gasteiger partial charge on any atom is 0.165 e. The minimum absolute atomic E-state index is 0.515. The monoisotopic (exact) mass is 330 g/mol. The van der Waals surface area contributed by atoms with E-state index in [1.807, 2.05) is 17.9 Å². The Balaban J connectivity index is 1.44. The van der Waals surface area contributed by atoms with Gasteiger partial charge in [0.15, 0.2) is 17.0 Å². The van der Waals surface area contributed by atoms with Gasteiger partial charge in [0.1, 0.15) is 6.33 Å². The number of aryl methyl sites for hydroxylation is 1. The van der Waals surface area contributed by atoms with E-state index in [1.165, 1.54) is 25.7 Å². The minimum atomic E-state index is 0.515. The van der Waals surface area contributed by atoms with Gasteiger partial charge in [-0.05, 0) is 25.7 Å². The molecular formula is C17H26N6O. The van der Waals surface area contributed by atoms with E-state index in [-0.39, 0.29) is 0 Å². The highest BCUT2D eigenvalue weighted by atomic mass is 16.5. The number of ether oxygens (including phenoxy) is 1. The van der Waals surface area contributed by atoms with Crippen LogP contribution in [0, 0.1) is 0 Å². The molecule has 2 saturated heterocycles. The van der Waals surface area contributed by atoms with Gasteiger partial charge in [-0.2, -0.15) is 0 Å². The molecular weight excluding hydrogens is 304 g/mol. The van der Waals surface area contributed by atoms with E-state index in [0.717, 1.165) is 43.3 Å². The van der Waals surface area contributed by atoms with Crippen molar-refractivity contribution >= 4 is 17.0 Å². The average molecular weight is 330 g/mol. The fraction of sp³-hybridized carbons (Fsp3) is 0.706. The molecule has 2 aromatic heterocycles. The van der Waals surface area contributed by atoms with E-state index < -0.39 is 0 Å². The summed E-state index contributed by atoms with van der Waals surface area (Å²) in [5.41, 5.74) is 1.79. The molecule has 2 aliphatic heterocycles. The Bertz CT molecular complexity index is 687. The van der Waals surface area contributed by atoms with Gasteiger partial charge in [-0.1, -0.05) is 0 Å². The lowest BCUT2D eigenvalue weighted by Crippen LogP contribution is -2.48. The number of hydrogen-bond acceptors (Lipinski definition) is 6. The standard InChI is InChI=1S/C17H26N6O/c1-21-12-20-15-16(21)18-11-19-17(15)22(2)13-3-7-23(8-4-13)14-5-9-24-10-6-14/h11-14H,3-10H2,1-2H3. The Labute approximate surface area is 142 Å². The van der Waals surface area contributed by atoms with Crippen molar-refractivity contribution in [3.63, 3.8) is 0 Å². The molecule has 4 heterocycles. The van der Waals surface area contributed by atoms with Gasteiger partial charge in [0, 0.05) is 52.5 Å². The molecule has 130 valence electrons. The van der Waals surface area contributed by atoms with Crippen molar-refractivity contribution in [2.24, 2.45) is 7.05 Å². The first-order valence-electron chi connectivity index (χ1n) is 8.90. The zero-order valence-electron chi connectivity index (χ0n) is 14.6. The highest BCUT2D eigenvalue weighted by Crippen LogP contribution is 2.27. The van der Waals surface area contributed by atoms with Crippen molar-refractivity contribution in [2.45, 2.75) is 37.8 Å². The maximum atomic E-state index is 5.49. The van der Waals surface area contributed by atoms with Crippen LogP contribution in [0.15, 0.2) is 12.7 Å². The normalized spacial score (nSPS) is 21.4. The lowest BCUT2D eigenvalue weighted by Gasteiger charge is -2.41. The zero-order valence-corrected chi connectivity index (χ0v) is 14.6. The fourth-order valence-corrected chi connectivity index (χ4v) is 4.05. The first kappa shape index (κ1) is 15.8. The number of rotatable bonds is 3. The van der Waals surface area contributed by atoms with Crippen LogP contribution in [0.3, 0.4) is 0 Å². The van der Waals surface area contributed by atoms with Gasteiger partial charge in [-0.25, -0.2) is 15.0 Å². The number of nitrogens with zero attached hydrogens (tertiary/aromatic N) is 6. The van der Waals surface area contributed by atoms with Gasteiger partial charge < -0.3 is 19.1 Å². The first-order chi connectivity index (χ1) is 11.7. The largest absolute Gasteiger partial charge is 0.381 e. The van der Waals surface area contributed by atoms with E-state index in [0.29, 0.717) is 12.1 Å². The van der Waals surface area contributed by atoms with Crippen LogP contribution in [-0.4, -0.2) is 69.9 Å². The molecule has 4 rings (SSSR count). The lowest BCUT2D eigenvalue weighted by atomic mass is 9.99. The van der Waals surface area contributed by atoms with Crippen LogP contribution in [0.1, 0.15) is 25.7 Å². The molecule has 2 aliphatic rings. The van der Waals surface area contributed by atoms with Gasteiger partial charge in [-0.3, -0.25) is 0 Å². The van der Waals surface area contributed by atoms with E-state index in [9.17, 15) is 0 Å². The molecule has 0 aromatic carbocycles. The summed E-state index contributed by atoms with van der Waals surface area (Å²) in [6.45, 7) is 4.17. The zero-order chi connectivity index (χ0) is 16.5. The highest BCUT2D eigenvalue weighted by molar-refractivity contribution is 5.83. The molecule has 0 N–H and O–H groups in total. The molecule has 0 unspecified atom stereocenters. The summed E-state index contributed by atoms with van der Waals surface area (Å²) in [5, 5.41) is 0. The van der Waals surface area contributed by atoms with Crippen molar-refractivity contribution in [3.05, 3.63) is 12.7 Å². The van der Waals surface area contributed by atoms with Gasteiger partial charge in [-0.15, -0.1) is 0 Å². The fourth-order valence-electron chi connectivity index (χ4n) is 4.05. The van der Waals surface area contributed by atoms with Crippen LogP contribution in [0.25, 0.3) is 11.2 Å². The van der Waals surface area contributed by atoms with Gasteiger partial charge >= 0.3 is 0 Å². The third kappa shape index (κ3) is 2.86. The van der Waals surface area contributed by atoms with Crippen LogP contribution in [0.5, 0.6) is 0 Å². The van der Waals surface area contributed by atoms with Crippen molar-refractivity contribution < 1.29 is 4.74 Å². The van der Waals surface area contributed by atoms with E-state index in [1.54, 1.807) is 6.33 Å². The summed E-state index contributed by atoms with van der Waals surface area (Å²) in [6.07, 6.45) is 8.16. The van der Waals surface area contributed by atoms with Crippen LogP contribution >= 0.6 is 0 Å². The Morgan fingerprint density at radius 3 is 2.58 bits per heavy atom. The second-order valence-corrected chi connectivity index (χ2v) is 6.95. The van der Waals surface area contributed by atoms with Crippen LogP contribution in [-0.2, 0) is 11.8 Å². The number of hydrogen-bond donors (Lipinski definition) is 0. The second kappa shape index (κ2) is 6.64. The molecule has 0 atom stereocenters. The average Bonchev–Trinajstić information content (AvgIpc) is 3.03. The Morgan fingerprint density at radius 2 is 1.83 bits per heavy atom. The summed E-state index contributed by atoms with van der Waals surface area (Å²) in [7, 11) is 4.11. The number of anilines is 1. The molecule has 2 aromatic rings. The van der Waals surface area contributed by atoms with Crippen molar-refractivity contribution in [1.82, 2.24) is 24.4 Å². The van der Waals surface area contributed by atoms with Gasteiger partial charge in [0.25, 0.3) is 0 Å². The van der Waals surface area contributed by atoms with Crippen molar-refractivity contribution in [3.8, 4) is 0 Å². The molecule has 0 amide bonds. The molecule has 0 aliphatic carbocycles. The summed E-state index contributed by atoms with van der Waals surface area (Å²) in [5.74, 6) is 0.949. The summed E-state index contributed by atoms with van der Waals surface area (Å²) in [6, 6.07) is 1.23. The quantitative estimate of drug-likeness (QED) is 0.849. The summed E-state index contributed by atoms with van der Waals surface area (Å²) in [4.78, 5) is 18.3. The topological polar surface area (TPSA) is 59.3 Å². The predicted octanol–water partition coefficient (Wildman–Crippen LogP) is 1.44. The maximum absolute atomic E-state index is 5.49. The van der Waals surface area contributed by atoms with E-state index in [4.69, 9.17) is 4.74 Å². The van der Waals surface area contributed by atoms with E-state index in [2.05, 4.69) is 31.8 Å². The first-order valence-corrected chi connectivity index (χ1v) is 8.90. The molecule has 24 heavy (non-hydrogen) atoms. The number of piperidine rings is 1. The molecule has 0 saturated carbocycles. The number of aromatic nitrogens is 4. The Morgan fingerprint density at radius 1 is 1.08 bits per heavy atom. The van der Waals surface area contributed by atoms with Crippen LogP contribution in [0.2, 0.25) is 0 Å². The van der Waals surface area contributed by atoms with Crippen molar-refractivity contribution in [2.75, 3.05) is 38.3 Å². The molecule has 7 nitrogen and oxygen atoms in total. The highest BCUT2D eigenvalue weighted by Gasteiger charge is 2.29. The molecule has 7 heteroatoms. The van der Waals surface area contributed by atoms with Crippen molar-refractivity contribution in [1.29, 1.82) is 0 Å². The molecule has 0 radical (unpaired) electrons. The Kier molecular flexibility index (Phi) is 4.37. The molecule has 0 bridgehead atoms.